The second-order valence-electron chi connectivity index (χ2n) is 4.78. The Balaban J connectivity index is 4.09. The van der Waals surface area contributed by atoms with E-state index in [1.165, 1.54) is 0 Å². The highest BCUT2D eigenvalue weighted by atomic mass is 15.1. The van der Waals surface area contributed by atoms with Crippen LogP contribution < -0.4 is 0 Å². The Hall–Kier alpha value is -1.06. The van der Waals surface area contributed by atoms with E-state index >= 15 is 0 Å². The molecule has 0 bridgehead atoms. The number of hydrogen-bond acceptors (Lipinski definition) is 3. The maximum Gasteiger partial charge on any atom is 0.0684 e. The minimum absolute atomic E-state index is 0.264. The SMILES string of the molecule is CC(C)N(CCC#N)CCC(C)(C)C#N. The van der Waals surface area contributed by atoms with Crippen LogP contribution in [-0.4, -0.2) is 24.0 Å². The molecular formula is C12H21N3. The van der Waals surface area contributed by atoms with Crippen LogP contribution >= 0.6 is 0 Å². The van der Waals surface area contributed by atoms with Crippen LogP contribution in [-0.2, 0) is 0 Å². The fourth-order valence-electron chi connectivity index (χ4n) is 1.30. The van der Waals surface area contributed by atoms with Crippen molar-refractivity contribution in [3.8, 4) is 12.1 Å². The molecule has 0 aliphatic carbocycles. The van der Waals surface area contributed by atoms with Crippen LogP contribution in [0.1, 0.15) is 40.5 Å². The first-order valence-electron chi connectivity index (χ1n) is 5.45. The van der Waals surface area contributed by atoms with Crippen LogP contribution in [0.25, 0.3) is 0 Å². The molecule has 0 saturated heterocycles. The first-order valence-corrected chi connectivity index (χ1v) is 5.45. The second kappa shape index (κ2) is 6.43. The molecule has 0 saturated carbocycles. The normalized spacial score (nSPS) is 11.5. The van der Waals surface area contributed by atoms with Gasteiger partial charge in [0.1, 0.15) is 0 Å². The zero-order valence-electron chi connectivity index (χ0n) is 10.2. The maximum atomic E-state index is 8.90. The third-order valence-corrected chi connectivity index (χ3v) is 2.57. The molecule has 0 amide bonds. The van der Waals surface area contributed by atoms with Gasteiger partial charge in [-0.3, -0.25) is 4.90 Å². The van der Waals surface area contributed by atoms with Crippen LogP contribution in [0, 0.1) is 28.1 Å². The fraction of sp³-hybridized carbons (Fsp3) is 0.833. The van der Waals surface area contributed by atoms with E-state index in [9.17, 15) is 0 Å². The fourth-order valence-corrected chi connectivity index (χ4v) is 1.30. The molecule has 0 aromatic heterocycles. The van der Waals surface area contributed by atoms with Gasteiger partial charge in [-0.2, -0.15) is 10.5 Å². The van der Waals surface area contributed by atoms with E-state index in [1.54, 1.807) is 0 Å². The zero-order chi connectivity index (χ0) is 11.9. The molecule has 3 nitrogen and oxygen atoms in total. The lowest BCUT2D eigenvalue weighted by atomic mass is 9.91. The van der Waals surface area contributed by atoms with Crippen LogP contribution in [0.15, 0.2) is 0 Å². The summed E-state index contributed by atoms with van der Waals surface area (Å²) in [6.07, 6.45) is 1.41. The highest BCUT2D eigenvalue weighted by molar-refractivity contribution is 4.92. The summed E-state index contributed by atoms with van der Waals surface area (Å²) in [5.41, 5.74) is -0.264. The topological polar surface area (TPSA) is 50.8 Å². The summed E-state index contributed by atoms with van der Waals surface area (Å²) in [5.74, 6) is 0. The van der Waals surface area contributed by atoms with Crippen molar-refractivity contribution in [1.29, 1.82) is 10.5 Å². The second-order valence-corrected chi connectivity index (χ2v) is 4.78. The largest absolute Gasteiger partial charge is 0.300 e. The van der Waals surface area contributed by atoms with Gasteiger partial charge < -0.3 is 0 Å². The number of nitrogens with zero attached hydrogens (tertiary/aromatic N) is 3. The molecular weight excluding hydrogens is 186 g/mol. The lowest BCUT2D eigenvalue weighted by Crippen LogP contribution is -2.34. The van der Waals surface area contributed by atoms with E-state index < -0.39 is 0 Å². The molecule has 0 aromatic carbocycles. The Morgan fingerprint density at radius 2 is 1.80 bits per heavy atom. The molecule has 0 aliphatic rings. The molecule has 3 heteroatoms. The van der Waals surface area contributed by atoms with Gasteiger partial charge in [0.25, 0.3) is 0 Å². The Morgan fingerprint density at radius 1 is 1.20 bits per heavy atom. The van der Waals surface area contributed by atoms with Crippen molar-refractivity contribution in [3.63, 3.8) is 0 Å². The quantitative estimate of drug-likeness (QED) is 0.672. The summed E-state index contributed by atoms with van der Waals surface area (Å²) in [6.45, 7) is 9.84. The van der Waals surface area contributed by atoms with E-state index in [-0.39, 0.29) is 5.41 Å². The number of rotatable bonds is 6. The number of nitriles is 2. The zero-order valence-corrected chi connectivity index (χ0v) is 10.2. The van der Waals surface area contributed by atoms with Gasteiger partial charge in [-0.15, -0.1) is 0 Å². The van der Waals surface area contributed by atoms with Gasteiger partial charge in [0.15, 0.2) is 0 Å². The third-order valence-electron chi connectivity index (χ3n) is 2.57. The van der Waals surface area contributed by atoms with Crippen molar-refractivity contribution in [2.24, 2.45) is 5.41 Å². The molecule has 84 valence electrons. The Morgan fingerprint density at radius 3 is 2.20 bits per heavy atom. The van der Waals surface area contributed by atoms with Crippen LogP contribution in [0.2, 0.25) is 0 Å². The van der Waals surface area contributed by atoms with Gasteiger partial charge in [0.2, 0.25) is 0 Å². The molecule has 0 fully saturated rings. The lowest BCUT2D eigenvalue weighted by molar-refractivity contribution is 0.203. The minimum Gasteiger partial charge on any atom is -0.300 e. The molecule has 0 radical (unpaired) electrons. The van der Waals surface area contributed by atoms with E-state index in [2.05, 4.69) is 30.9 Å². The van der Waals surface area contributed by atoms with Gasteiger partial charge in [0.05, 0.1) is 17.6 Å². The predicted octanol–water partition coefficient (Wildman–Crippen LogP) is 2.55. The highest BCUT2D eigenvalue weighted by Gasteiger charge is 2.19. The van der Waals surface area contributed by atoms with E-state index in [0.29, 0.717) is 12.5 Å². The lowest BCUT2D eigenvalue weighted by Gasteiger charge is -2.28. The Bertz CT molecular complexity index is 255. The number of hydrogen-bond donors (Lipinski definition) is 0. The molecule has 0 N–H and O–H groups in total. The van der Waals surface area contributed by atoms with Crippen molar-refractivity contribution in [1.82, 2.24) is 4.90 Å². The Kier molecular flexibility index (Phi) is 5.97. The summed E-state index contributed by atoms with van der Waals surface area (Å²) in [6, 6.07) is 4.90. The van der Waals surface area contributed by atoms with Crippen molar-refractivity contribution in [2.45, 2.75) is 46.6 Å². The monoisotopic (exact) mass is 207 g/mol. The summed E-state index contributed by atoms with van der Waals surface area (Å²) >= 11 is 0. The third kappa shape index (κ3) is 6.10. The van der Waals surface area contributed by atoms with Crippen molar-refractivity contribution >= 4 is 0 Å². The van der Waals surface area contributed by atoms with Gasteiger partial charge in [0, 0.05) is 19.0 Å². The van der Waals surface area contributed by atoms with Crippen molar-refractivity contribution in [3.05, 3.63) is 0 Å². The Labute approximate surface area is 93.3 Å². The molecule has 0 atom stereocenters. The molecule has 15 heavy (non-hydrogen) atoms. The van der Waals surface area contributed by atoms with Crippen molar-refractivity contribution in [2.75, 3.05) is 13.1 Å². The minimum atomic E-state index is -0.264. The average Bonchev–Trinajstić information content (AvgIpc) is 2.17. The van der Waals surface area contributed by atoms with Gasteiger partial charge in [-0.05, 0) is 40.7 Å². The van der Waals surface area contributed by atoms with Crippen LogP contribution in [0.5, 0.6) is 0 Å². The van der Waals surface area contributed by atoms with E-state index in [1.807, 2.05) is 13.8 Å². The molecule has 0 unspecified atom stereocenters. The molecule has 0 aromatic rings. The summed E-state index contributed by atoms with van der Waals surface area (Å²) in [5, 5.41) is 17.4. The van der Waals surface area contributed by atoms with Crippen LogP contribution in [0.4, 0.5) is 0 Å². The first kappa shape index (κ1) is 13.9. The maximum absolute atomic E-state index is 8.90. The molecule has 0 aliphatic heterocycles. The average molecular weight is 207 g/mol. The molecule has 0 heterocycles. The van der Waals surface area contributed by atoms with E-state index in [4.69, 9.17) is 10.5 Å². The molecule has 0 spiro atoms. The van der Waals surface area contributed by atoms with Crippen molar-refractivity contribution < 1.29 is 0 Å². The van der Waals surface area contributed by atoms with Crippen LogP contribution in [0.3, 0.4) is 0 Å². The van der Waals surface area contributed by atoms with Gasteiger partial charge >= 0.3 is 0 Å². The van der Waals surface area contributed by atoms with Gasteiger partial charge in [-0.1, -0.05) is 0 Å². The predicted molar refractivity (Wildman–Crippen MR) is 61.0 cm³/mol. The first-order chi connectivity index (χ1) is 6.93. The van der Waals surface area contributed by atoms with E-state index in [0.717, 1.165) is 19.5 Å². The van der Waals surface area contributed by atoms with Gasteiger partial charge in [-0.25, -0.2) is 0 Å². The standard InChI is InChI=1S/C12H21N3/c1-11(2)15(8-5-7-13)9-6-12(3,4)10-14/h11H,5-6,8-9H2,1-4H3. The summed E-state index contributed by atoms with van der Waals surface area (Å²) < 4.78 is 0. The summed E-state index contributed by atoms with van der Waals surface area (Å²) in [7, 11) is 0. The summed E-state index contributed by atoms with van der Waals surface area (Å²) in [4.78, 5) is 2.25. The highest BCUT2D eigenvalue weighted by Crippen LogP contribution is 2.19. The smallest absolute Gasteiger partial charge is 0.0684 e. The molecule has 0 rings (SSSR count).